The zero-order chi connectivity index (χ0) is 20.2. The second-order valence-electron chi connectivity index (χ2n) is 6.32. The van der Waals surface area contributed by atoms with Crippen molar-refractivity contribution in [3.8, 4) is 11.5 Å². The largest absolute Gasteiger partial charge is 0.454 e. The molecular formula is C23H16FNO4. The summed E-state index contributed by atoms with van der Waals surface area (Å²) in [6.45, 7) is 0.196. The van der Waals surface area contributed by atoms with Crippen molar-refractivity contribution in [3.63, 3.8) is 0 Å². The number of benzene rings is 3. The molecule has 0 aliphatic carbocycles. The Hall–Kier alpha value is -3.93. The van der Waals surface area contributed by atoms with Crippen LogP contribution in [0, 0.1) is 5.82 Å². The zero-order valence-corrected chi connectivity index (χ0v) is 15.2. The summed E-state index contributed by atoms with van der Waals surface area (Å²) in [7, 11) is 0. The van der Waals surface area contributed by atoms with Crippen LogP contribution in [0.5, 0.6) is 11.5 Å². The maximum absolute atomic E-state index is 13.7. The molecule has 0 atom stereocenters. The summed E-state index contributed by atoms with van der Waals surface area (Å²) in [5, 5.41) is 2.61. The van der Waals surface area contributed by atoms with E-state index in [4.69, 9.17) is 9.47 Å². The van der Waals surface area contributed by atoms with Gasteiger partial charge in [-0.3, -0.25) is 9.59 Å². The Bertz CT molecular complexity index is 1110. The number of halogens is 1. The molecule has 0 spiro atoms. The SMILES string of the molecule is O=C(/C=C/c1ccc2c(c1)OCO2)c1ccc(NC(=O)c2ccccc2F)cc1. The van der Waals surface area contributed by atoms with E-state index in [1.165, 1.54) is 24.3 Å². The first kappa shape index (κ1) is 18.4. The molecule has 1 amide bonds. The standard InChI is InChI=1S/C23H16FNO4/c24-19-4-2-1-3-18(19)23(27)25-17-9-7-16(8-10-17)20(26)11-5-15-6-12-21-22(13-15)29-14-28-21/h1-13H,14H2,(H,25,27)/b11-5+. The van der Waals surface area contributed by atoms with Gasteiger partial charge in [-0.15, -0.1) is 0 Å². The number of ketones is 1. The first-order valence-electron chi connectivity index (χ1n) is 8.88. The van der Waals surface area contributed by atoms with Crippen molar-refractivity contribution in [2.24, 2.45) is 0 Å². The lowest BCUT2D eigenvalue weighted by molar-refractivity contribution is 0.102. The quantitative estimate of drug-likeness (QED) is 0.507. The van der Waals surface area contributed by atoms with Gasteiger partial charge >= 0.3 is 0 Å². The number of carbonyl (C=O) groups excluding carboxylic acids is 2. The van der Waals surface area contributed by atoms with Crippen LogP contribution in [-0.4, -0.2) is 18.5 Å². The van der Waals surface area contributed by atoms with E-state index in [-0.39, 0.29) is 18.1 Å². The molecule has 5 nitrogen and oxygen atoms in total. The minimum atomic E-state index is -0.592. The summed E-state index contributed by atoms with van der Waals surface area (Å²) in [4.78, 5) is 24.5. The molecule has 0 fully saturated rings. The van der Waals surface area contributed by atoms with Crippen molar-refractivity contribution < 1.29 is 23.5 Å². The van der Waals surface area contributed by atoms with Gasteiger partial charge in [0.15, 0.2) is 17.3 Å². The van der Waals surface area contributed by atoms with Gasteiger partial charge in [0.25, 0.3) is 5.91 Å². The third kappa shape index (κ3) is 4.16. The van der Waals surface area contributed by atoms with Gasteiger partial charge in [-0.2, -0.15) is 0 Å². The number of allylic oxidation sites excluding steroid dienone is 1. The molecule has 3 aromatic rings. The Morgan fingerprint density at radius 1 is 0.931 bits per heavy atom. The Labute approximate surface area is 166 Å². The third-order valence-corrected chi connectivity index (χ3v) is 4.37. The van der Waals surface area contributed by atoms with Gasteiger partial charge in [-0.05, 0) is 60.2 Å². The van der Waals surface area contributed by atoms with Crippen molar-refractivity contribution in [3.05, 3.63) is 95.3 Å². The van der Waals surface area contributed by atoms with Crippen LogP contribution < -0.4 is 14.8 Å². The van der Waals surface area contributed by atoms with Crippen molar-refractivity contribution in [2.75, 3.05) is 12.1 Å². The number of nitrogens with one attached hydrogen (secondary N) is 1. The first-order valence-corrected chi connectivity index (χ1v) is 8.88. The van der Waals surface area contributed by atoms with Crippen LogP contribution in [0.3, 0.4) is 0 Å². The fourth-order valence-corrected chi connectivity index (χ4v) is 2.85. The van der Waals surface area contributed by atoms with Crippen LogP contribution in [0.25, 0.3) is 6.08 Å². The fourth-order valence-electron chi connectivity index (χ4n) is 2.85. The molecule has 1 aliphatic rings. The highest BCUT2D eigenvalue weighted by atomic mass is 19.1. The van der Waals surface area contributed by atoms with E-state index in [0.29, 0.717) is 22.7 Å². The lowest BCUT2D eigenvalue weighted by atomic mass is 10.1. The van der Waals surface area contributed by atoms with Gasteiger partial charge in [0.2, 0.25) is 6.79 Å². The molecule has 0 radical (unpaired) electrons. The van der Waals surface area contributed by atoms with Crippen molar-refractivity contribution in [1.29, 1.82) is 0 Å². The molecule has 0 saturated heterocycles. The minimum absolute atomic E-state index is 0.0423. The van der Waals surface area contributed by atoms with Crippen LogP contribution in [0.1, 0.15) is 26.3 Å². The molecule has 4 rings (SSSR count). The number of hydrogen-bond acceptors (Lipinski definition) is 4. The smallest absolute Gasteiger partial charge is 0.258 e. The summed E-state index contributed by atoms with van der Waals surface area (Å²) in [6.07, 6.45) is 3.16. The molecule has 29 heavy (non-hydrogen) atoms. The zero-order valence-electron chi connectivity index (χ0n) is 15.2. The van der Waals surface area contributed by atoms with Crippen molar-refractivity contribution >= 4 is 23.5 Å². The average molecular weight is 389 g/mol. The van der Waals surface area contributed by atoms with Crippen molar-refractivity contribution in [2.45, 2.75) is 0 Å². The molecule has 0 unspecified atom stereocenters. The monoisotopic (exact) mass is 389 g/mol. The minimum Gasteiger partial charge on any atom is -0.454 e. The van der Waals surface area contributed by atoms with Crippen LogP contribution in [0.4, 0.5) is 10.1 Å². The lowest BCUT2D eigenvalue weighted by Crippen LogP contribution is -2.13. The van der Waals surface area contributed by atoms with E-state index >= 15 is 0 Å². The van der Waals surface area contributed by atoms with E-state index < -0.39 is 11.7 Å². The van der Waals surface area contributed by atoms with E-state index in [9.17, 15) is 14.0 Å². The lowest BCUT2D eigenvalue weighted by Gasteiger charge is -2.06. The highest BCUT2D eigenvalue weighted by Crippen LogP contribution is 2.32. The Kier molecular flexibility index (Phi) is 5.07. The molecule has 6 heteroatoms. The molecule has 1 heterocycles. The molecule has 144 valence electrons. The Balaban J connectivity index is 1.41. The van der Waals surface area contributed by atoms with E-state index in [2.05, 4.69) is 5.32 Å². The van der Waals surface area contributed by atoms with Gasteiger partial charge in [0.05, 0.1) is 5.56 Å². The number of hydrogen-bond donors (Lipinski definition) is 1. The number of amides is 1. The molecule has 1 aliphatic heterocycles. The van der Waals surface area contributed by atoms with Gasteiger partial charge < -0.3 is 14.8 Å². The molecule has 0 bridgehead atoms. The molecule has 1 N–H and O–H groups in total. The van der Waals surface area contributed by atoms with Gasteiger partial charge in [0.1, 0.15) is 5.82 Å². The fraction of sp³-hybridized carbons (Fsp3) is 0.0435. The molecule has 0 saturated carbocycles. The first-order chi connectivity index (χ1) is 14.1. The molecular weight excluding hydrogens is 373 g/mol. The summed E-state index contributed by atoms with van der Waals surface area (Å²) in [6, 6.07) is 17.6. The predicted octanol–water partition coefficient (Wildman–Crippen LogP) is 4.70. The van der Waals surface area contributed by atoms with Crippen LogP contribution in [0.15, 0.2) is 72.8 Å². The molecule has 3 aromatic carbocycles. The van der Waals surface area contributed by atoms with Gasteiger partial charge in [-0.25, -0.2) is 4.39 Å². The van der Waals surface area contributed by atoms with Gasteiger partial charge in [-0.1, -0.05) is 24.3 Å². The number of rotatable bonds is 5. The maximum atomic E-state index is 13.7. The van der Waals surface area contributed by atoms with Crippen molar-refractivity contribution in [1.82, 2.24) is 0 Å². The number of ether oxygens (including phenoxy) is 2. The van der Waals surface area contributed by atoms with Crippen LogP contribution in [-0.2, 0) is 0 Å². The van der Waals surface area contributed by atoms with E-state index in [1.54, 1.807) is 48.5 Å². The highest BCUT2D eigenvalue weighted by molar-refractivity contribution is 6.08. The molecule has 0 aromatic heterocycles. The average Bonchev–Trinajstić information content (AvgIpc) is 3.20. The maximum Gasteiger partial charge on any atom is 0.258 e. The van der Waals surface area contributed by atoms with E-state index in [1.807, 2.05) is 6.07 Å². The summed E-state index contributed by atoms with van der Waals surface area (Å²) >= 11 is 0. The van der Waals surface area contributed by atoms with Crippen LogP contribution >= 0.6 is 0 Å². The predicted molar refractivity (Wildman–Crippen MR) is 107 cm³/mol. The van der Waals surface area contributed by atoms with Gasteiger partial charge in [0, 0.05) is 11.3 Å². The summed E-state index contributed by atoms with van der Waals surface area (Å²) < 4.78 is 24.3. The normalized spacial score (nSPS) is 12.2. The topological polar surface area (TPSA) is 64.6 Å². The number of anilines is 1. The third-order valence-electron chi connectivity index (χ3n) is 4.37. The second kappa shape index (κ2) is 7.98. The summed E-state index contributed by atoms with van der Waals surface area (Å²) in [5.41, 5.74) is 1.70. The number of fused-ring (bicyclic) bond motifs is 1. The second-order valence-corrected chi connectivity index (χ2v) is 6.32. The van der Waals surface area contributed by atoms with Crippen LogP contribution in [0.2, 0.25) is 0 Å². The Morgan fingerprint density at radius 2 is 1.69 bits per heavy atom. The van der Waals surface area contributed by atoms with E-state index in [0.717, 1.165) is 5.56 Å². The highest BCUT2D eigenvalue weighted by Gasteiger charge is 2.13. The Morgan fingerprint density at radius 3 is 2.48 bits per heavy atom. The number of carbonyl (C=O) groups is 2. The summed E-state index contributed by atoms with van der Waals surface area (Å²) in [5.74, 6) is 0.000947.